The molecule has 1 saturated heterocycles. The number of carbonyl (C=O) groups excluding carboxylic acids is 1. The van der Waals surface area contributed by atoms with E-state index < -0.39 is 5.82 Å². The Morgan fingerprint density at radius 2 is 1.86 bits per heavy atom. The summed E-state index contributed by atoms with van der Waals surface area (Å²) < 4.78 is 15.2. The summed E-state index contributed by atoms with van der Waals surface area (Å²) in [6.45, 7) is 1.76. The highest BCUT2D eigenvalue weighted by atomic mass is 35.5. The molecule has 1 amide bonds. The number of hydrogen-bond donors (Lipinski definition) is 2. The van der Waals surface area contributed by atoms with Gasteiger partial charge in [0.2, 0.25) is 0 Å². The molecular formula is C21H19Cl2FN4O. The first-order valence-corrected chi connectivity index (χ1v) is 10.1. The van der Waals surface area contributed by atoms with Gasteiger partial charge in [0.05, 0.1) is 28.2 Å². The number of amides is 1. The van der Waals surface area contributed by atoms with Gasteiger partial charge in [-0.15, -0.1) is 0 Å². The molecule has 2 heterocycles. The molecule has 0 spiro atoms. The van der Waals surface area contributed by atoms with E-state index in [0.717, 1.165) is 37.3 Å². The molecule has 1 aliphatic heterocycles. The van der Waals surface area contributed by atoms with E-state index in [9.17, 15) is 9.18 Å². The fourth-order valence-electron chi connectivity index (χ4n) is 3.58. The third-order valence-corrected chi connectivity index (χ3v) is 5.57. The minimum Gasteiger partial charge on any atom is -0.322 e. The molecule has 0 atom stereocenters. The Bertz CT molecular complexity index is 1030. The quantitative estimate of drug-likeness (QED) is 0.607. The van der Waals surface area contributed by atoms with Gasteiger partial charge in [0.15, 0.2) is 0 Å². The molecule has 1 aromatic heterocycles. The van der Waals surface area contributed by atoms with Crippen molar-refractivity contribution in [1.29, 1.82) is 0 Å². The van der Waals surface area contributed by atoms with E-state index in [1.54, 1.807) is 23.0 Å². The normalized spacial score (nSPS) is 14.7. The van der Waals surface area contributed by atoms with Crippen LogP contribution in [0.25, 0.3) is 5.69 Å². The molecule has 0 saturated carbocycles. The van der Waals surface area contributed by atoms with Crippen molar-refractivity contribution in [3.63, 3.8) is 0 Å². The highest BCUT2D eigenvalue weighted by Gasteiger charge is 2.27. The number of aromatic nitrogens is 2. The summed E-state index contributed by atoms with van der Waals surface area (Å²) in [7, 11) is 0. The number of halogens is 3. The summed E-state index contributed by atoms with van der Waals surface area (Å²) in [5.41, 5.74) is 2.62. The van der Waals surface area contributed by atoms with E-state index in [1.807, 2.05) is 12.1 Å². The number of carbonyl (C=O) groups is 1. The zero-order valence-electron chi connectivity index (χ0n) is 15.5. The molecule has 0 unspecified atom stereocenters. The maximum absolute atomic E-state index is 13.4. The number of benzene rings is 2. The Hall–Kier alpha value is -2.41. The van der Waals surface area contributed by atoms with Gasteiger partial charge in [-0.05, 0) is 68.4 Å². The van der Waals surface area contributed by atoms with Gasteiger partial charge in [-0.25, -0.2) is 9.07 Å². The highest BCUT2D eigenvalue weighted by molar-refractivity contribution is 6.31. The van der Waals surface area contributed by atoms with Crippen LogP contribution in [0.1, 0.15) is 34.8 Å². The predicted octanol–water partition coefficient (Wildman–Crippen LogP) is 5.04. The third-order valence-electron chi connectivity index (χ3n) is 5.03. The lowest BCUT2D eigenvalue weighted by atomic mass is 9.91. The predicted molar refractivity (Wildman–Crippen MR) is 113 cm³/mol. The molecule has 5 nitrogen and oxygen atoms in total. The van der Waals surface area contributed by atoms with Gasteiger partial charge >= 0.3 is 0 Å². The van der Waals surface area contributed by atoms with E-state index in [4.69, 9.17) is 23.2 Å². The van der Waals surface area contributed by atoms with Crippen LogP contribution < -0.4 is 10.6 Å². The first-order valence-electron chi connectivity index (χ1n) is 9.34. The number of piperidine rings is 1. The Morgan fingerprint density at radius 1 is 1.14 bits per heavy atom. The summed E-state index contributed by atoms with van der Waals surface area (Å²) in [4.78, 5) is 13.0. The average molecular weight is 433 g/mol. The van der Waals surface area contributed by atoms with E-state index in [2.05, 4.69) is 15.7 Å². The van der Waals surface area contributed by atoms with E-state index in [1.165, 1.54) is 18.2 Å². The van der Waals surface area contributed by atoms with E-state index >= 15 is 0 Å². The number of hydrogen-bond acceptors (Lipinski definition) is 3. The van der Waals surface area contributed by atoms with Crippen LogP contribution in [0, 0.1) is 5.82 Å². The van der Waals surface area contributed by atoms with Crippen LogP contribution in [0.2, 0.25) is 10.0 Å². The maximum Gasteiger partial charge on any atom is 0.259 e. The molecular weight excluding hydrogens is 414 g/mol. The average Bonchev–Trinajstić information content (AvgIpc) is 3.17. The topological polar surface area (TPSA) is 59.0 Å². The molecule has 4 rings (SSSR count). The zero-order chi connectivity index (χ0) is 20.4. The van der Waals surface area contributed by atoms with Crippen LogP contribution in [0.5, 0.6) is 0 Å². The van der Waals surface area contributed by atoms with Crippen molar-refractivity contribution in [2.45, 2.75) is 18.8 Å². The summed E-state index contributed by atoms with van der Waals surface area (Å²) >= 11 is 11.9. The highest BCUT2D eigenvalue weighted by Crippen LogP contribution is 2.31. The minimum atomic E-state index is -0.532. The van der Waals surface area contributed by atoms with Gasteiger partial charge in [0.25, 0.3) is 5.91 Å². The second-order valence-corrected chi connectivity index (χ2v) is 7.78. The van der Waals surface area contributed by atoms with Crippen molar-refractivity contribution >= 4 is 34.8 Å². The van der Waals surface area contributed by atoms with Crippen LogP contribution in [0.15, 0.2) is 48.7 Å². The monoisotopic (exact) mass is 432 g/mol. The van der Waals surface area contributed by atoms with Crippen molar-refractivity contribution < 1.29 is 9.18 Å². The molecule has 8 heteroatoms. The molecule has 2 N–H and O–H groups in total. The molecule has 150 valence electrons. The molecule has 0 aliphatic carbocycles. The van der Waals surface area contributed by atoms with E-state index in [0.29, 0.717) is 16.3 Å². The van der Waals surface area contributed by atoms with E-state index in [-0.39, 0.29) is 16.8 Å². The van der Waals surface area contributed by atoms with Crippen molar-refractivity contribution in [2.24, 2.45) is 0 Å². The molecule has 1 aliphatic rings. The fraction of sp³-hybridized carbons (Fsp3) is 0.238. The van der Waals surface area contributed by atoms with Gasteiger partial charge in [-0.2, -0.15) is 5.10 Å². The van der Waals surface area contributed by atoms with Crippen LogP contribution in [0.4, 0.5) is 10.1 Å². The van der Waals surface area contributed by atoms with Gasteiger partial charge < -0.3 is 10.6 Å². The summed E-state index contributed by atoms with van der Waals surface area (Å²) in [6.07, 6.45) is 3.39. The molecule has 1 fully saturated rings. The lowest BCUT2D eigenvalue weighted by Gasteiger charge is -2.24. The van der Waals surface area contributed by atoms with Crippen LogP contribution in [-0.4, -0.2) is 28.8 Å². The second-order valence-electron chi connectivity index (χ2n) is 6.94. The molecule has 3 aromatic rings. The number of nitrogens with one attached hydrogen (secondary N) is 2. The number of nitrogens with zero attached hydrogens (tertiary/aromatic N) is 2. The Morgan fingerprint density at radius 3 is 2.55 bits per heavy atom. The lowest BCUT2D eigenvalue weighted by molar-refractivity contribution is 0.102. The smallest absolute Gasteiger partial charge is 0.259 e. The largest absolute Gasteiger partial charge is 0.322 e. The van der Waals surface area contributed by atoms with Crippen molar-refractivity contribution in [2.75, 3.05) is 18.4 Å². The Balaban J connectivity index is 1.70. The van der Waals surface area contributed by atoms with Crippen molar-refractivity contribution in [3.8, 4) is 5.69 Å². The Kier molecular flexibility index (Phi) is 5.85. The van der Waals surface area contributed by atoms with Crippen LogP contribution >= 0.6 is 23.2 Å². The Labute approximate surface area is 177 Å². The first-order chi connectivity index (χ1) is 14.0. The molecule has 0 bridgehead atoms. The van der Waals surface area contributed by atoms with Crippen LogP contribution in [0.3, 0.4) is 0 Å². The van der Waals surface area contributed by atoms with Crippen molar-refractivity contribution in [1.82, 2.24) is 15.1 Å². The summed E-state index contributed by atoms with van der Waals surface area (Å²) in [5.74, 6) is -0.649. The van der Waals surface area contributed by atoms with Gasteiger partial charge in [-0.3, -0.25) is 4.79 Å². The molecule has 29 heavy (non-hydrogen) atoms. The zero-order valence-corrected chi connectivity index (χ0v) is 17.0. The first kappa shape index (κ1) is 19.9. The second kappa shape index (κ2) is 8.53. The van der Waals surface area contributed by atoms with Gasteiger partial charge in [-0.1, -0.05) is 23.2 Å². The third kappa shape index (κ3) is 4.29. The summed E-state index contributed by atoms with van der Waals surface area (Å²) in [5, 5.41) is 11.2. The van der Waals surface area contributed by atoms with Gasteiger partial charge in [0.1, 0.15) is 5.82 Å². The standard InChI is InChI=1S/C21H19Cl2FN4O/c22-14-1-4-16(5-2-14)28-20(13-7-9-25-10-8-13)17(12-26-28)21(29)27-15-3-6-19(24)18(23)11-15/h1-6,11-13,25H,7-10H2,(H,27,29). The SMILES string of the molecule is O=C(Nc1ccc(F)c(Cl)c1)c1cnn(-c2ccc(Cl)cc2)c1C1CCNCC1. The molecule has 2 aromatic carbocycles. The number of anilines is 1. The number of rotatable bonds is 4. The lowest BCUT2D eigenvalue weighted by Crippen LogP contribution is -2.29. The van der Waals surface area contributed by atoms with Crippen molar-refractivity contribution in [3.05, 3.63) is 75.8 Å². The molecule has 0 radical (unpaired) electrons. The maximum atomic E-state index is 13.4. The van der Waals surface area contributed by atoms with Gasteiger partial charge in [0, 0.05) is 16.6 Å². The summed E-state index contributed by atoms with van der Waals surface area (Å²) in [6, 6.07) is 11.4. The fourth-order valence-corrected chi connectivity index (χ4v) is 3.89. The van der Waals surface area contributed by atoms with Crippen LogP contribution in [-0.2, 0) is 0 Å². The minimum absolute atomic E-state index is 0.0433.